The van der Waals surface area contributed by atoms with Crippen LogP contribution in [0.4, 0.5) is 0 Å². The first-order valence-corrected chi connectivity index (χ1v) is 22.6. The Balaban J connectivity index is 0.000000147. The molecule has 324 valence electrons. The molecule has 6 aliphatic rings. The maximum atomic E-state index is 13.2. The molecule has 6 aromatic rings. The van der Waals surface area contributed by atoms with Crippen LogP contribution in [0.5, 0.6) is 0 Å². The first-order valence-electron chi connectivity index (χ1n) is 22.2. The van der Waals surface area contributed by atoms with E-state index in [1.54, 1.807) is 12.1 Å². The van der Waals surface area contributed by atoms with Crippen molar-refractivity contribution in [1.29, 1.82) is 0 Å². The number of carbonyl (C=O) groups excluding carboxylic acids is 2. The van der Waals surface area contributed by atoms with Crippen LogP contribution in [0.15, 0.2) is 147 Å². The number of hydrogen-bond acceptors (Lipinski definition) is 8. The van der Waals surface area contributed by atoms with Crippen LogP contribution in [0.2, 0.25) is 0 Å². The summed E-state index contributed by atoms with van der Waals surface area (Å²) >= 11 is 5.22. The minimum absolute atomic E-state index is 0.162. The maximum absolute atomic E-state index is 13.2. The zero-order chi connectivity index (χ0) is 44.0. The third-order valence-corrected chi connectivity index (χ3v) is 14.0. The van der Waals surface area contributed by atoms with Gasteiger partial charge in [-0.1, -0.05) is 83.9 Å². The number of pyridine rings is 2. The van der Waals surface area contributed by atoms with Gasteiger partial charge in [0.05, 0.1) is 28.7 Å². The van der Waals surface area contributed by atoms with E-state index < -0.39 is 11.3 Å². The molecule has 2 unspecified atom stereocenters. The highest BCUT2D eigenvalue weighted by atomic mass is 35.5. The van der Waals surface area contributed by atoms with E-state index in [0.717, 1.165) is 83.1 Å². The Morgan fingerprint density at radius 3 is 1.65 bits per heavy atom. The van der Waals surface area contributed by atoms with Gasteiger partial charge in [-0.3, -0.25) is 24.6 Å². The maximum Gasteiger partial charge on any atom is 0.338 e. The number of rotatable bonds is 9. The van der Waals surface area contributed by atoms with Crippen LogP contribution >= 0.6 is 11.6 Å². The van der Waals surface area contributed by atoms with Crippen molar-refractivity contribution in [1.82, 2.24) is 19.8 Å². The van der Waals surface area contributed by atoms with Crippen LogP contribution in [-0.2, 0) is 4.74 Å². The number of benzene rings is 4. The van der Waals surface area contributed by atoms with Gasteiger partial charge in [0.1, 0.15) is 6.10 Å². The van der Waals surface area contributed by atoms with Crippen LogP contribution in [-0.4, -0.2) is 74.3 Å². The van der Waals surface area contributed by atoms with Crippen LogP contribution in [0.3, 0.4) is 0 Å². The number of carbonyl (C=O) groups is 2. The lowest BCUT2D eigenvalue weighted by atomic mass is 9.73. The molecule has 2 aromatic heterocycles. The number of aliphatic hydroxyl groups excluding tert-OH is 1. The average Bonchev–Trinajstić information content (AvgIpc) is 3.33. The van der Waals surface area contributed by atoms with E-state index >= 15 is 0 Å². The third kappa shape index (κ3) is 9.85. The molecular weight excluding hydrogens is 804 g/mol. The van der Waals surface area contributed by atoms with Gasteiger partial charge in [-0.25, -0.2) is 4.79 Å². The van der Waals surface area contributed by atoms with Gasteiger partial charge in [-0.15, -0.1) is 13.2 Å². The van der Waals surface area contributed by atoms with Gasteiger partial charge in [0, 0.05) is 53.4 Å². The summed E-state index contributed by atoms with van der Waals surface area (Å²) in [4.78, 5) is 37.6. The molecule has 8 nitrogen and oxygen atoms in total. The molecule has 63 heavy (non-hydrogen) atoms. The second kappa shape index (κ2) is 19.9. The Kier molecular flexibility index (Phi) is 13.9. The van der Waals surface area contributed by atoms with Gasteiger partial charge in [0.25, 0.3) is 5.24 Å². The Morgan fingerprint density at radius 1 is 0.683 bits per heavy atom. The molecule has 10 atom stereocenters. The van der Waals surface area contributed by atoms with Crippen molar-refractivity contribution < 1.29 is 19.4 Å². The Bertz CT molecular complexity index is 2550. The fourth-order valence-electron chi connectivity index (χ4n) is 10.3. The second-order valence-corrected chi connectivity index (χ2v) is 17.9. The zero-order valence-corrected chi connectivity index (χ0v) is 37.0. The summed E-state index contributed by atoms with van der Waals surface area (Å²) in [5.41, 5.74) is 7.33. The van der Waals surface area contributed by atoms with E-state index in [2.05, 4.69) is 57.2 Å². The standard InChI is InChI=1S/C27H28N2O2.C19H22N2O.C8H7ClO/c1-3-19-17-29-15-13-21(19)16-25(29)26(31-27(30)20-10-8-18(2)9-11-20)23-12-14-28-24-7-5-4-6-22(23)24;1-2-13-12-21-10-8-14(13)11-18(21)19(22)16-7-9-20-17-6-4-3-5-15(16)17;1-6-2-4-7(5-3-6)8(9)10/h3-12,14,19,21,25-26H,1,13,15-17H2,2H3;2-7,9,13-14,18-19,22H,1,8,10-12H2;2-5H,1H3/t19-,21-,25-,26+;13-,14-,18-,19+;/m00./s1. The van der Waals surface area contributed by atoms with Crippen LogP contribution in [0.25, 0.3) is 21.8 Å². The lowest BCUT2D eigenvalue weighted by molar-refractivity contribution is -0.0568. The van der Waals surface area contributed by atoms with E-state index in [0.29, 0.717) is 34.8 Å². The Labute approximate surface area is 376 Å². The lowest BCUT2D eigenvalue weighted by Crippen LogP contribution is -2.55. The topological polar surface area (TPSA) is 95.9 Å². The summed E-state index contributed by atoms with van der Waals surface area (Å²) in [6.07, 6.45) is 11.5. The number of aryl methyl sites for hydroxylation is 2. The smallest absolute Gasteiger partial charge is 0.338 e. The van der Waals surface area contributed by atoms with Gasteiger partial charge in [-0.2, -0.15) is 0 Å². The quantitative estimate of drug-likeness (QED) is 0.0872. The minimum atomic E-state index is -0.443. The molecule has 0 aliphatic carbocycles. The Hall–Kier alpha value is -5.51. The fraction of sp³-hybridized carbons (Fsp3) is 0.333. The first-order chi connectivity index (χ1) is 30.6. The van der Waals surface area contributed by atoms with Crippen molar-refractivity contribution in [3.8, 4) is 0 Å². The van der Waals surface area contributed by atoms with Crippen molar-refractivity contribution in [2.75, 3.05) is 26.2 Å². The Morgan fingerprint density at radius 2 is 1.16 bits per heavy atom. The van der Waals surface area contributed by atoms with Crippen molar-refractivity contribution in [2.24, 2.45) is 23.7 Å². The van der Waals surface area contributed by atoms with Gasteiger partial charge in [0.2, 0.25) is 0 Å². The largest absolute Gasteiger partial charge is 0.452 e. The first kappa shape index (κ1) is 44.1. The summed E-state index contributed by atoms with van der Waals surface area (Å²) in [5.74, 6) is 2.12. The molecule has 0 radical (unpaired) electrons. The molecular formula is C54H57ClN4O4. The van der Waals surface area contributed by atoms with Crippen LogP contribution in [0.1, 0.15) is 80.9 Å². The summed E-state index contributed by atoms with van der Waals surface area (Å²) in [5, 5.41) is 12.7. The third-order valence-electron chi connectivity index (χ3n) is 13.8. The molecule has 4 bridgehead atoms. The molecule has 6 saturated heterocycles. The van der Waals surface area contributed by atoms with Crippen molar-refractivity contribution >= 4 is 44.6 Å². The molecule has 4 aromatic carbocycles. The highest BCUT2D eigenvalue weighted by Gasteiger charge is 2.45. The van der Waals surface area contributed by atoms with Gasteiger partial charge < -0.3 is 9.84 Å². The molecule has 6 fully saturated rings. The van der Waals surface area contributed by atoms with Gasteiger partial charge in [-0.05, 0) is 142 Å². The molecule has 6 aliphatic heterocycles. The number of fused-ring (bicyclic) bond motifs is 8. The number of aromatic nitrogens is 2. The van der Waals surface area contributed by atoms with E-state index in [-0.39, 0.29) is 24.2 Å². The highest BCUT2D eigenvalue weighted by molar-refractivity contribution is 6.67. The van der Waals surface area contributed by atoms with Crippen LogP contribution < -0.4 is 0 Å². The fourth-order valence-corrected chi connectivity index (χ4v) is 10.4. The molecule has 1 N–H and O–H groups in total. The number of para-hydroxylation sites is 2. The zero-order valence-electron chi connectivity index (χ0n) is 36.2. The molecule has 0 spiro atoms. The summed E-state index contributed by atoms with van der Waals surface area (Å²) in [6.45, 7) is 16.2. The number of hydrogen-bond donors (Lipinski definition) is 1. The molecule has 0 saturated carbocycles. The molecule has 12 rings (SSSR count). The predicted octanol–water partition coefficient (Wildman–Crippen LogP) is 10.9. The van der Waals surface area contributed by atoms with Gasteiger partial charge >= 0.3 is 5.97 Å². The average molecular weight is 862 g/mol. The number of ether oxygens (including phenoxy) is 1. The second-order valence-electron chi connectivity index (χ2n) is 17.6. The molecule has 8 heterocycles. The number of piperidine rings is 6. The van der Waals surface area contributed by atoms with Crippen LogP contribution in [0, 0.1) is 37.5 Å². The summed E-state index contributed by atoms with van der Waals surface area (Å²) < 4.78 is 6.30. The van der Waals surface area contributed by atoms with E-state index in [1.807, 2.05) is 111 Å². The normalized spacial score (nSPS) is 25.4. The SMILES string of the molecule is C=C[C@H]1CN2CC[C@H]1C[C@H]2[C@H](O)c1ccnc2ccccc12.C=C[C@H]1CN2CC[C@H]1C[C@H]2[C@H](OC(=O)c1ccc(C)cc1)c1ccnc2ccccc12.Cc1ccc(C(=O)Cl)cc1. The summed E-state index contributed by atoms with van der Waals surface area (Å²) in [7, 11) is 0. The number of halogens is 1. The van der Waals surface area contributed by atoms with Gasteiger partial charge in [0.15, 0.2) is 0 Å². The van der Waals surface area contributed by atoms with Crippen molar-refractivity contribution in [3.05, 3.63) is 180 Å². The number of aliphatic hydroxyl groups is 1. The predicted molar refractivity (Wildman–Crippen MR) is 253 cm³/mol. The lowest BCUT2D eigenvalue weighted by Gasteiger charge is -2.51. The highest BCUT2D eigenvalue weighted by Crippen LogP contribution is 2.44. The monoisotopic (exact) mass is 860 g/mol. The van der Waals surface area contributed by atoms with Crippen molar-refractivity contribution in [2.45, 2.75) is 63.8 Å². The molecule has 9 heteroatoms. The van der Waals surface area contributed by atoms with E-state index in [9.17, 15) is 14.7 Å². The number of esters is 1. The minimum Gasteiger partial charge on any atom is -0.452 e. The van der Waals surface area contributed by atoms with E-state index in [1.165, 1.54) is 12.8 Å². The summed E-state index contributed by atoms with van der Waals surface area (Å²) in [6, 6.07) is 35.3. The van der Waals surface area contributed by atoms with E-state index in [4.69, 9.17) is 16.3 Å². The molecule has 0 amide bonds. The number of nitrogens with zero attached hydrogens (tertiary/aromatic N) is 4. The van der Waals surface area contributed by atoms with Crippen molar-refractivity contribution in [3.63, 3.8) is 0 Å².